The van der Waals surface area contributed by atoms with E-state index in [2.05, 4.69) is 5.32 Å². The van der Waals surface area contributed by atoms with Crippen molar-refractivity contribution in [3.63, 3.8) is 0 Å². The van der Waals surface area contributed by atoms with E-state index in [1.165, 1.54) is 0 Å². The molecular formula is C19H28ClN3O4. The molecule has 150 valence electrons. The van der Waals surface area contributed by atoms with Crippen LogP contribution in [0.15, 0.2) is 18.2 Å². The average Bonchev–Trinajstić information content (AvgIpc) is 3.03. The van der Waals surface area contributed by atoms with Crippen LogP contribution in [0.4, 0.5) is 5.69 Å². The summed E-state index contributed by atoms with van der Waals surface area (Å²) in [5, 5.41) is 3.04. The van der Waals surface area contributed by atoms with E-state index in [1.807, 2.05) is 26.8 Å². The first-order valence-corrected chi connectivity index (χ1v) is 9.06. The molecule has 0 spiro atoms. The zero-order valence-corrected chi connectivity index (χ0v) is 16.8. The maximum Gasteiger partial charge on any atom is 0.227 e. The number of fused-ring (bicyclic) bond motifs is 1. The Kier molecular flexibility index (Phi) is 6.59. The third-order valence-corrected chi connectivity index (χ3v) is 5.44. The van der Waals surface area contributed by atoms with Gasteiger partial charge in [0.25, 0.3) is 0 Å². The van der Waals surface area contributed by atoms with Crippen LogP contribution in [-0.2, 0) is 9.59 Å². The van der Waals surface area contributed by atoms with Crippen molar-refractivity contribution in [2.24, 2.45) is 17.6 Å². The number of carbonyl (C=O) groups is 2. The van der Waals surface area contributed by atoms with Gasteiger partial charge in [0.1, 0.15) is 13.2 Å². The normalized spacial score (nSPS) is 20.9. The van der Waals surface area contributed by atoms with Crippen molar-refractivity contribution in [2.75, 3.05) is 31.2 Å². The van der Waals surface area contributed by atoms with Gasteiger partial charge >= 0.3 is 0 Å². The van der Waals surface area contributed by atoms with Crippen LogP contribution in [-0.4, -0.2) is 43.7 Å². The molecule has 0 radical (unpaired) electrons. The van der Waals surface area contributed by atoms with Gasteiger partial charge in [0.05, 0.1) is 11.5 Å². The quantitative estimate of drug-likeness (QED) is 0.789. The smallest absolute Gasteiger partial charge is 0.227 e. The predicted octanol–water partition coefficient (Wildman–Crippen LogP) is 1.72. The Bertz CT molecular complexity index is 712. The van der Waals surface area contributed by atoms with Gasteiger partial charge in [-0.1, -0.05) is 13.8 Å². The highest BCUT2D eigenvalue weighted by Gasteiger charge is 2.38. The van der Waals surface area contributed by atoms with E-state index in [0.29, 0.717) is 37.8 Å². The maximum absolute atomic E-state index is 12.7. The molecule has 2 heterocycles. The zero-order chi connectivity index (χ0) is 18.9. The first-order valence-electron chi connectivity index (χ1n) is 9.06. The summed E-state index contributed by atoms with van der Waals surface area (Å²) in [4.78, 5) is 26.8. The average molecular weight is 398 g/mol. The molecule has 1 saturated heterocycles. The highest BCUT2D eigenvalue weighted by Crippen LogP contribution is 2.36. The van der Waals surface area contributed by atoms with E-state index in [1.54, 1.807) is 17.0 Å². The number of hydrogen-bond acceptors (Lipinski definition) is 5. The number of carbonyl (C=O) groups excluding carboxylic acids is 2. The van der Waals surface area contributed by atoms with E-state index < -0.39 is 5.54 Å². The summed E-state index contributed by atoms with van der Waals surface area (Å²) in [6.45, 7) is 7.69. The first kappa shape index (κ1) is 21.3. The molecule has 2 atom stereocenters. The Labute approximate surface area is 166 Å². The van der Waals surface area contributed by atoms with E-state index in [9.17, 15) is 9.59 Å². The molecule has 0 aromatic heterocycles. The highest BCUT2D eigenvalue weighted by molar-refractivity contribution is 6.00. The van der Waals surface area contributed by atoms with Crippen LogP contribution >= 0.6 is 12.4 Å². The van der Waals surface area contributed by atoms with Gasteiger partial charge in [0.15, 0.2) is 11.5 Å². The van der Waals surface area contributed by atoms with Gasteiger partial charge in [-0.25, -0.2) is 0 Å². The third kappa shape index (κ3) is 4.30. The van der Waals surface area contributed by atoms with Gasteiger partial charge in [0.2, 0.25) is 11.8 Å². The second kappa shape index (κ2) is 8.35. The van der Waals surface area contributed by atoms with Crippen LogP contribution in [0.5, 0.6) is 11.5 Å². The molecule has 3 N–H and O–H groups in total. The van der Waals surface area contributed by atoms with Crippen LogP contribution in [0.1, 0.15) is 27.2 Å². The SMILES string of the molecule is CC(C)C(C)(CN)NC(=O)C1CC(=O)N(c2ccc3c(c2)OCCO3)C1.Cl. The summed E-state index contributed by atoms with van der Waals surface area (Å²) in [6, 6.07) is 5.42. The third-order valence-electron chi connectivity index (χ3n) is 5.44. The van der Waals surface area contributed by atoms with Crippen molar-refractivity contribution in [3.8, 4) is 11.5 Å². The Balaban J connectivity index is 0.00000261. The van der Waals surface area contributed by atoms with Crippen molar-refractivity contribution in [1.82, 2.24) is 5.32 Å². The van der Waals surface area contributed by atoms with Crippen molar-refractivity contribution in [3.05, 3.63) is 18.2 Å². The van der Waals surface area contributed by atoms with Gasteiger partial charge in [-0.05, 0) is 25.0 Å². The minimum absolute atomic E-state index is 0. The summed E-state index contributed by atoms with van der Waals surface area (Å²) >= 11 is 0. The fourth-order valence-corrected chi connectivity index (χ4v) is 3.15. The van der Waals surface area contributed by atoms with Crippen LogP contribution in [0, 0.1) is 11.8 Å². The van der Waals surface area contributed by atoms with Gasteiger partial charge in [-0.2, -0.15) is 0 Å². The number of nitrogens with one attached hydrogen (secondary N) is 1. The Morgan fingerprint density at radius 2 is 2.00 bits per heavy atom. The lowest BCUT2D eigenvalue weighted by Crippen LogP contribution is -2.56. The lowest BCUT2D eigenvalue weighted by molar-refractivity contribution is -0.128. The number of hydrogen-bond donors (Lipinski definition) is 2. The second-order valence-corrected chi connectivity index (χ2v) is 7.50. The molecule has 1 aromatic carbocycles. The summed E-state index contributed by atoms with van der Waals surface area (Å²) in [7, 11) is 0. The number of nitrogens with zero attached hydrogens (tertiary/aromatic N) is 1. The number of nitrogens with two attached hydrogens (primary N) is 1. The van der Waals surface area contributed by atoms with Gasteiger partial charge < -0.3 is 25.4 Å². The topological polar surface area (TPSA) is 93.9 Å². The lowest BCUT2D eigenvalue weighted by Gasteiger charge is -2.34. The summed E-state index contributed by atoms with van der Waals surface area (Å²) in [6.07, 6.45) is 0.193. The summed E-state index contributed by atoms with van der Waals surface area (Å²) in [5.74, 6) is 0.921. The standard InChI is InChI=1S/C19H27N3O4.ClH/c1-12(2)19(3,11-20)21-18(24)13-8-17(23)22(10-13)14-4-5-15-16(9-14)26-7-6-25-15;/h4-5,9,12-13H,6-8,10-11,20H2,1-3H3,(H,21,24);1H. The maximum atomic E-state index is 12.7. The van der Waals surface area contributed by atoms with Crippen molar-refractivity contribution in [1.29, 1.82) is 0 Å². The fourth-order valence-electron chi connectivity index (χ4n) is 3.15. The number of halogens is 1. The monoisotopic (exact) mass is 397 g/mol. The molecule has 8 heteroatoms. The molecule has 2 unspecified atom stereocenters. The summed E-state index contributed by atoms with van der Waals surface area (Å²) in [5.41, 5.74) is 6.09. The molecule has 1 aromatic rings. The summed E-state index contributed by atoms with van der Waals surface area (Å²) < 4.78 is 11.1. The molecule has 7 nitrogen and oxygen atoms in total. The molecule has 1 fully saturated rings. The van der Waals surface area contributed by atoms with E-state index in [4.69, 9.17) is 15.2 Å². The number of amides is 2. The van der Waals surface area contributed by atoms with E-state index in [-0.39, 0.29) is 42.5 Å². The van der Waals surface area contributed by atoms with E-state index >= 15 is 0 Å². The first-order chi connectivity index (χ1) is 12.3. The number of benzene rings is 1. The minimum Gasteiger partial charge on any atom is -0.486 e. The van der Waals surface area contributed by atoms with Gasteiger partial charge in [0, 0.05) is 31.3 Å². The molecule has 0 aliphatic carbocycles. The second-order valence-electron chi connectivity index (χ2n) is 7.50. The molecule has 0 saturated carbocycles. The van der Waals surface area contributed by atoms with Crippen LogP contribution in [0.3, 0.4) is 0 Å². The Morgan fingerprint density at radius 1 is 1.33 bits per heavy atom. The zero-order valence-electron chi connectivity index (χ0n) is 16.0. The fraction of sp³-hybridized carbons (Fsp3) is 0.579. The molecule has 2 aliphatic rings. The van der Waals surface area contributed by atoms with Crippen LogP contribution in [0.25, 0.3) is 0 Å². The minimum atomic E-state index is -0.482. The molecule has 2 amide bonds. The van der Waals surface area contributed by atoms with Crippen LogP contribution in [0.2, 0.25) is 0 Å². The molecule has 2 aliphatic heterocycles. The molecular weight excluding hydrogens is 370 g/mol. The number of rotatable bonds is 5. The number of ether oxygens (including phenoxy) is 2. The van der Waals surface area contributed by atoms with Gasteiger partial charge in [-0.3, -0.25) is 9.59 Å². The van der Waals surface area contributed by atoms with Crippen molar-refractivity contribution < 1.29 is 19.1 Å². The molecule has 3 rings (SSSR count). The highest BCUT2D eigenvalue weighted by atomic mass is 35.5. The van der Waals surface area contributed by atoms with E-state index in [0.717, 1.165) is 5.69 Å². The predicted molar refractivity (Wildman–Crippen MR) is 106 cm³/mol. The number of anilines is 1. The molecule has 0 bridgehead atoms. The Morgan fingerprint density at radius 3 is 2.63 bits per heavy atom. The largest absolute Gasteiger partial charge is 0.486 e. The van der Waals surface area contributed by atoms with Crippen molar-refractivity contribution >= 4 is 29.9 Å². The molecule has 27 heavy (non-hydrogen) atoms. The lowest BCUT2D eigenvalue weighted by atomic mass is 9.87. The van der Waals surface area contributed by atoms with Gasteiger partial charge in [-0.15, -0.1) is 12.4 Å². The van der Waals surface area contributed by atoms with Crippen molar-refractivity contribution in [2.45, 2.75) is 32.7 Å². The van der Waals surface area contributed by atoms with Crippen LogP contribution < -0.4 is 25.4 Å². The Hall–Kier alpha value is -1.99.